The molecule has 0 saturated carbocycles. The molecule has 0 aliphatic carbocycles. The van der Waals surface area contributed by atoms with E-state index in [-0.39, 0.29) is 0 Å². The zero-order valence-corrected chi connectivity index (χ0v) is 18.2. The molecule has 1 aromatic rings. The van der Waals surface area contributed by atoms with Crippen LogP contribution in [0.2, 0.25) is 0 Å². The molecular formula is C11H14ClN2O14P3. The Morgan fingerprint density at radius 1 is 1.23 bits per heavy atom. The average molecular weight is 527 g/mol. The number of halogens is 1. The van der Waals surface area contributed by atoms with E-state index in [9.17, 15) is 33.3 Å². The number of hydrogen-bond donors (Lipinski definition) is 6. The van der Waals surface area contributed by atoms with E-state index in [1.54, 1.807) is 0 Å². The minimum absolute atomic E-state index is 0.725. The first-order valence-corrected chi connectivity index (χ1v) is 12.5. The van der Waals surface area contributed by atoms with Crippen LogP contribution in [0.4, 0.5) is 0 Å². The molecule has 6 atom stereocenters. The minimum Gasteiger partial charge on any atom is -0.387 e. The van der Waals surface area contributed by atoms with Gasteiger partial charge in [-0.25, -0.2) is 18.5 Å². The number of terminal acetylenes is 1. The molecule has 2 heterocycles. The number of alkyl halides is 1. The number of aromatic nitrogens is 2. The number of nitrogens with zero attached hydrogens (tertiary/aromatic N) is 1. The largest absolute Gasteiger partial charge is 0.490 e. The minimum atomic E-state index is -5.76. The third-order valence-corrected chi connectivity index (χ3v) is 7.91. The number of aliphatic hydroxyl groups is 1. The molecule has 1 aliphatic heterocycles. The van der Waals surface area contributed by atoms with Crippen molar-refractivity contribution in [3.63, 3.8) is 0 Å². The molecule has 0 bridgehead atoms. The summed E-state index contributed by atoms with van der Waals surface area (Å²) >= 11 is 6.17. The molecule has 31 heavy (non-hydrogen) atoms. The van der Waals surface area contributed by atoms with E-state index in [4.69, 9.17) is 37.4 Å². The number of nitrogens with one attached hydrogen (secondary N) is 1. The normalized spacial score (nSPS) is 30.3. The van der Waals surface area contributed by atoms with Crippen LogP contribution in [-0.2, 0) is 31.6 Å². The number of H-pyrrole nitrogens is 1. The van der Waals surface area contributed by atoms with Crippen LogP contribution in [0.15, 0.2) is 21.9 Å². The van der Waals surface area contributed by atoms with Crippen molar-refractivity contribution < 1.29 is 56.3 Å². The van der Waals surface area contributed by atoms with E-state index in [1.807, 2.05) is 10.9 Å². The van der Waals surface area contributed by atoms with Crippen molar-refractivity contribution >= 4 is 35.1 Å². The van der Waals surface area contributed by atoms with Crippen molar-refractivity contribution in [2.45, 2.75) is 23.3 Å². The summed E-state index contributed by atoms with van der Waals surface area (Å²) < 4.78 is 51.2. The number of aliphatic hydroxyl groups excluding tert-OH is 1. The summed E-state index contributed by atoms with van der Waals surface area (Å²) in [7, 11) is -16.9. The summed E-state index contributed by atoms with van der Waals surface area (Å²) in [5.74, 6) is 2.00. The summed E-state index contributed by atoms with van der Waals surface area (Å²) in [6, 6.07) is 0.921. The standard InChI is InChI=1S/C11H14ClN2O14P3/c1-2-11(12)8(16)6(26-9(11)14-4-3-7(15)13-10(14)17)5-25-30(21,22)28-31(23,24)27-29(18,19)20/h1,3-4,6,8-9,16H,5H2,(H,21,22)(H,23,24)(H,13,15,17)(H2,18,19,20)/t6-,8+,9-,11?/m1/s1. The molecule has 16 nitrogen and oxygen atoms in total. The highest BCUT2D eigenvalue weighted by Crippen LogP contribution is 2.66. The summed E-state index contributed by atoms with van der Waals surface area (Å²) in [5.41, 5.74) is -1.77. The van der Waals surface area contributed by atoms with E-state index < -0.39 is 64.6 Å². The van der Waals surface area contributed by atoms with Crippen LogP contribution in [0.25, 0.3) is 0 Å². The number of ether oxygens (including phenoxy) is 1. The van der Waals surface area contributed by atoms with Crippen LogP contribution in [-0.4, -0.2) is 57.9 Å². The second kappa shape index (κ2) is 9.01. The van der Waals surface area contributed by atoms with Crippen LogP contribution in [0.1, 0.15) is 6.23 Å². The maximum absolute atomic E-state index is 12.0. The van der Waals surface area contributed by atoms with Gasteiger partial charge in [0.05, 0.1) is 6.61 Å². The Labute approximate surface area is 176 Å². The fourth-order valence-electron chi connectivity index (χ4n) is 2.39. The summed E-state index contributed by atoms with van der Waals surface area (Å²) in [4.78, 5) is 58.5. The quantitative estimate of drug-likeness (QED) is 0.132. The van der Waals surface area contributed by atoms with Gasteiger partial charge >= 0.3 is 29.2 Å². The summed E-state index contributed by atoms with van der Waals surface area (Å²) in [6.07, 6.45) is 1.19. The molecular weight excluding hydrogens is 512 g/mol. The van der Waals surface area contributed by atoms with Gasteiger partial charge in [0.25, 0.3) is 5.56 Å². The lowest BCUT2D eigenvalue weighted by Crippen LogP contribution is -2.44. The van der Waals surface area contributed by atoms with Crippen molar-refractivity contribution in [2.75, 3.05) is 6.61 Å². The van der Waals surface area contributed by atoms with E-state index in [2.05, 4.69) is 13.1 Å². The Balaban J connectivity index is 2.19. The van der Waals surface area contributed by atoms with Gasteiger partial charge < -0.3 is 29.4 Å². The molecule has 174 valence electrons. The van der Waals surface area contributed by atoms with E-state index in [1.165, 1.54) is 0 Å². The lowest BCUT2D eigenvalue weighted by atomic mass is 9.99. The lowest BCUT2D eigenvalue weighted by molar-refractivity contribution is -0.0455. The molecule has 0 spiro atoms. The first kappa shape index (κ1) is 26.1. The first-order chi connectivity index (χ1) is 14.0. The highest BCUT2D eigenvalue weighted by Gasteiger charge is 2.56. The van der Waals surface area contributed by atoms with Crippen LogP contribution in [0.3, 0.4) is 0 Å². The van der Waals surface area contributed by atoms with Gasteiger partial charge in [-0.3, -0.25) is 18.9 Å². The molecule has 6 N–H and O–H groups in total. The highest BCUT2D eigenvalue weighted by atomic mass is 35.5. The maximum atomic E-state index is 12.0. The van der Waals surface area contributed by atoms with Crippen molar-refractivity contribution in [2.24, 2.45) is 0 Å². The second-order valence-electron chi connectivity index (χ2n) is 5.79. The number of hydrogen-bond acceptors (Lipinski definition) is 10. The Bertz CT molecular complexity index is 1140. The molecule has 2 rings (SSSR count). The topological polar surface area (TPSA) is 244 Å². The van der Waals surface area contributed by atoms with Crippen molar-refractivity contribution in [3.05, 3.63) is 33.1 Å². The molecule has 3 unspecified atom stereocenters. The van der Waals surface area contributed by atoms with Crippen LogP contribution < -0.4 is 11.2 Å². The Kier molecular flexibility index (Phi) is 7.59. The first-order valence-electron chi connectivity index (χ1n) is 7.60. The molecule has 1 aliphatic rings. The van der Waals surface area contributed by atoms with Gasteiger partial charge in [-0.1, -0.05) is 17.5 Å². The second-order valence-corrected chi connectivity index (χ2v) is 10.8. The zero-order chi connectivity index (χ0) is 23.8. The fraction of sp³-hybridized carbons (Fsp3) is 0.455. The summed E-state index contributed by atoms with van der Waals surface area (Å²) in [6.45, 7) is -1.07. The smallest absolute Gasteiger partial charge is 0.387 e. The van der Waals surface area contributed by atoms with Crippen LogP contribution in [0, 0.1) is 12.3 Å². The van der Waals surface area contributed by atoms with Crippen LogP contribution in [0.5, 0.6) is 0 Å². The van der Waals surface area contributed by atoms with Gasteiger partial charge in [0, 0.05) is 12.3 Å². The SMILES string of the molecule is C#CC1(Cl)[C@@H](O)[C@@H](COP(=O)(O)OP(=O)(O)OP(=O)(O)O)O[C@H]1n1ccc(=O)[nH]c1=O. The number of rotatable bonds is 8. The van der Waals surface area contributed by atoms with Crippen LogP contribution >= 0.6 is 35.1 Å². The van der Waals surface area contributed by atoms with E-state index >= 15 is 0 Å². The monoisotopic (exact) mass is 526 g/mol. The van der Waals surface area contributed by atoms with Crippen molar-refractivity contribution in [1.29, 1.82) is 0 Å². The molecule has 20 heteroatoms. The average Bonchev–Trinajstić information content (AvgIpc) is 2.82. The van der Waals surface area contributed by atoms with E-state index in [0.29, 0.717) is 0 Å². The fourth-order valence-corrected chi connectivity index (χ4v) is 5.72. The highest BCUT2D eigenvalue weighted by molar-refractivity contribution is 7.66. The Morgan fingerprint density at radius 3 is 2.35 bits per heavy atom. The lowest BCUT2D eigenvalue weighted by Gasteiger charge is -2.25. The van der Waals surface area contributed by atoms with Gasteiger partial charge in [-0.15, -0.1) is 6.42 Å². The van der Waals surface area contributed by atoms with Crippen molar-refractivity contribution in [3.8, 4) is 12.3 Å². The van der Waals surface area contributed by atoms with Gasteiger partial charge in [0.1, 0.15) is 12.2 Å². The predicted molar refractivity (Wildman–Crippen MR) is 98.5 cm³/mol. The van der Waals surface area contributed by atoms with Gasteiger partial charge in [-0.2, -0.15) is 8.62 Å². The number of phosphoric acid groups is 3. The third-order valence-electron chi connectivity index (χ3n) is 3.59. The van der Waals surface area contributed by atoms with Gasteiger partial charge in [0.15, 0.2) is 11.1 Å². The zero-order valence-electron chi connectivity index (χ0n) is 14.7. The maximum Gasteiger partial charge on any atom is 0.490 e. The molecule has 1 fully saturated rings. The van der Waals surface area contributed by atoms with E-state index in [0.717, 1.165) is 16.8 Å². The molecule has 0 amide bonds. The third kappa shape index (κ3) is 6.44. The Hall–Kier alpha value is -1.14. The number of aromatic amines is 1. The molecule has 0 radical (unpaired) electrons. The predicted octanol–water partition coefficient (Wildman–Crippen LogP) is -1.25. The van der Waals surface area contributed by atoms with Gasteiger partial charge in [-0.05, 0) is 0 Å². The number of phosphoric ester groups is 1. The summed E-state index contributed by atoms with van der Waals surface area (Å²) in [5, 5.41) is 10.4. The molecule has 1 saturated heterocycles. The molecule has 0 aromatic carbocycles. The van der Waals surface area contributed by atoms with Gasteiger partial charge in [0.2, 0.25) is 0 Å². The van der Waals surface area contributed by atoms with Crippen molar-refractivity contribution in [1.82, 2.24) is 9.55 Å². The Morgan fingerprint density at radius 2 is 1.84 bits per heavy atom. The molecule has 1 aromatic heterocycles.